The Bertz CT molecular complexity index is 680. The lowest BCUT2D eigenvalue weighted by Gasteiger charge is -2.14. The molecule has 19 heavy (non-hydrogen) atoms. The van der Waals surface area contributed by atoms with Gasteiger partial charge in [0.15, 0.2) is 15.0 Å². The molecule has 106 valence electrons. The zero-order valence-electron chi connectivity index (χ0n) is 10.1. The van der Waals surface area contributed by atoms with E-state index in [4.69, 9.17) is 11.6 Å². The van der Waals surface area contributed by atoms with Crippen molar-refractivity contribution in [2.75, 3.05) is 16.2 Å². The molecule has 0 saturated carbocycles. The van der Waals surface area contributed by atoms with Crippen molar-refractivity contribution in [2.24, 2.45) is 0 Å². The van der Waals surface area contributed by atoms with Crippen LogP contribution in [0.15, 0.2) is 12.3 Å². The van der Waals surface area contributed by atoms with E-state index in [-0.39, 0.29) is 28.8 Å². The Kier molecular flexibility index (Phi) is 3.76. The second kappa shape index (κ2) is 4.92. The summed E-state index contributed by atoms with van der Waals surface area (Å²) in [4.78, 5) is 3.80. The fourth-order valence-corrected chi connectivity index (χ4v) is 6.36. The van der Waals surface area contributed by atoms with E-state index in [2.05, 4.69) is 9.71 Å². The van der Waals surface area contributed by atoms with E-state index in [0.717, 1.165) is 0 Å². The molecule has 0 amide bonds. The molecule has 0 bridgehead atoms. The maximum atomic E-state index is 12.1. The number of nitrogens with one attached hydrogen (secondary N) is 1. The van der Waals surface area contributed by atoms with Crippen LogP contribution in [0, 0.1) is 6.92 Å². The van der Waals surface area contributed by atoms with Crippen LogP contribution in [0.1, 0.15) is 12.0 Å². The van der Waals surface area contributed by atoms with E-state index in [1.165, 1.54) is 6.20 Å². The van der Waals surface area contributed by atoms with Gasteiger partial charge in [0.25, 0.3) is 0 Å². The molecule has 6 nitrogen and oxygen atoms in total. The monoisotopic (exact) mass is 324 g/mol. The third-order valence-corrected chi connectivity index (χ3v) is 7.02. The normalized spacial score (nSPS) is 22.3. The predicted molar refractivity (Wildman–Crippen MR) is 73.6 cm³/mol. The fraction of sp³-hybridized carbons (Fsp3) is 0.500. The van der Waals surface area contributed by atoms with Crippen molar-refractivity contribution in [3.05, 3.63) is 23.0 Å². The first-order valence-corrected chi connectivity index (χ1v) is 9.29. The number of pyridine rings is 1. The van der Waals surface area contributed by atoms with Crippen molar-refractivity contribution in [3.8, 4) is 0 Å². The molecule has 1 aromatic heterocycles. The highest BCUT2D eigenvalue weighted by Crippen LogP contribution is 2.27. The Morgan fingerprint density at radius 1 is 1.47 bits per heavy atom. The van der Waals surface area contributed by atoms with Gasteiger partial charge in [-0.05, 0) is 25.0 Å². The lowest BCUT2D eigenvalue weighted by Crippen LogP contribution is -2.29. The molecular formula is C10H13ClN2O4S2. The third-order valence-electron chi connectivity index (χ3n) is 2.99. The zero-order chi connectivity index (χ0) is 14.3. The summed E-state index contributed by atoms with van der Waals surface area (Å²) in [5.41, 5.74) is 0.831. The SMILES string of the molecule is Cc1ccnc(Cl)c1NS(=O)(=O)C1CCS(=O)(=O)C1. The third kappa shape index (κ3) is 3.18. The molecule has 1 fully saturated rings. The van der Waals surface area contributed by atoms with Gasteiger partial charge in [-0.15, -0.1) is 0 Å². The van der Waals surface area contributed by atoms with Crippen LogP contribution in [0.25, 0.3) is 0 Å². The fourth-order valence-electron chi connectivity index (χ4n) is 1.88. The van der Waals surface area contributed by atoms with Gasteiger partial charge in [0.1, 0.15) is 0 Å². The summed E-state index contributed by atoms with van der Waals surface area (Å²) in [6.07, 6.45) is 1.57. The van der Waals surface area contributed by atoms with Gasteiger partial charge in [0.2, 0.25) is 10.0 Å². The highest BCUT2D eigenvalue weighted by Gasteiger charge is 2.37. The topological polar surface area (TPSA) is 93.2 Å². The number of aromatic nitrogens is 1. The Morgan fingerprint density at radius 3 is 2.68 bits per heavy atom. The quantitative estimate of drug-likeness (QED) is 0.836. The van der Waals surface area contributed by atoms with Crippen LogP contribution in [-0.4, -0.2) is 38.6 Å². The van der Waals surface area contributed by atoms with Crippen LogP contribution in [0.2, 0.25) is 5.15 Å². The average Bonchev–Trinajstić information content (AvgIpc) is 2.65. The molecule has 1 atom stereocenters. The lowest BCUT2D eigenvalue weighted by atomic mass is 10.3. The minimum absolute atomic E-state index is 0.0458. The number of sulfone groups is 1. The summed E-state index contributed by atoms with van der Waals surface area (Å²) in [6, 6.07) is 1.62. The molecule has 2 rings (SSSR count). The van der Waals surface area contributed by atoms with Crippen molar-refractivity contribution < 1.29 is 16.8 Å². The molecule has 1 unspecified atom stereocenters. The average molecular weight is 325 g/mol. The van der Waals surface area contributed by atoms with Crippen molar-refractivity contribution >= 4 is 37.1 Å². The van der Waals surface area contributed by atoms with Crippen molar-refractivity contribution in [1.29, 1.82) is 0 Å². The van der Waals surface area contributed by atoms with Gasteiger partial charge in [-0.25, -0.2) is 21.8 Å². The van der Waals surface area contributed by atoms with E-state index in [1.54, 1.807) is 13.0 Å². The van der Waals surface area contributed by atoms with E-state index in [1.807, 2.05) is 0 Å². The largest absolute Gasteiger partial charge is 0.280 e. The van der Waals surface area contributed by atoms with Gasteiger partial charge in [-0.1, -0.05) is 11.6 Å². The van der Waals surface area contributed by atoms with Crippen LogP contribution < -0.4 is 4.72 Å². The predicted octanol–water partition coefficient (Wildman–Crippen LogP) is 0.972. The maximum absolute atomic E-state index is 12.1. The zero-order valence-corrected chi connectivity index (χ0v) is 12.5. The molecule has 2 heterocycles. The first-order chi connectivity index (χ1) is 8.71. The molecule has 0 aliphatic carbocycles. The van der Waals surface area contributed by atoms with E-state index in [0.29, 0.717) is 5.56 Å². The number of hydrogen-bond donors (Lipinski definition) is 1. The first-order valence-electron chi connectivity index (χ1n) is 5.54. The molecule has 9 heteroatoms. The summed E-state index contributed by atoms with van der Waals surface area (Å²) < 4.78 is 49.3. The van der Waals surface area contributed by atoms with Crippen LogP contribution in [0.5, 0.6) is 0 Å². The standard InChI is InChI=1S/C10H13ClN2O4S2/c1-7-2-4-12-10(11)9(7)13-19(16,17)8-3-5-18(14,15)6-8/h2,4,8,13H,3,5-6H2,1H3. The van der Waals surface area contributed by atoms with Gasteiger partial charge in [0.05, 0.1) is 22.4 Å². The second-order valence-corrected chi connectivity index (χ2v) is 9.01. The van der Waals surface area contributed by atoms with Crippen molar-refractivity contribution in [2.45, 2.75) is 18.6 Å². The Hall–Kier alpha value is -0.860. The number of sulfonamides is 1. The van der Waals surface area contributed by atoms with Crippen LogP contribution >= 0.6 is 11.6 Å². The van der Waals surface area contributed by atoms with Crippen LogP contribution in [0.3, 0.4) is 0 Å². The molecule has 1 aliphatic rings. The smallest absolute Gasteiger partial charge is 0.236 e. The number of hydrogen-bond acceptors (Lipinski definition) is 5. The summed E-state index contributed by atoms with van der Waals surface area (Å²) in [5.74, 6) is -0.447. The molecule has 1 N–H and O–H groups in total. The van der Waals surface area contributed by atoms with Crippen molar-refractivity contribution in [3.63, 3.8) is 0 Å². The Morgan fingerprint density at radius 2 is 2.16 bits per heavy atom. The van der Waals surface area contributed by atoms with E-state index in [9.17, 15) is 16.8 Å². The molecule has 0 spiro atoms. The highest BCUT2D eigenvalue weighted by molar-refractivity contribution is 7.97. The minimum Gasteiger partial charge on any atom is -0.280 e. The molecule has 0 aromatic carbocycles. The van der Waals surface area contributed by atoms with Gasteiger partial charge < -0.3 is 0 Å². The van der Waals surface area contributed by atoms with Gasteiger partial charge in [-0.2, -0.15) is 0 Å². The Labute approximate surface area is 117 Å². The second-order valence-electron chi connectivity index (χ2n) is 4.47. The molecule has 1 saturated heterocycles. The Balaban J connectivity index is 2.28. The van der Waals surface area contributed by atoms with Crippen LogP contribution in [-0.2, 0) is 19.9 Å². The van der Waals surface area contributed by atoms with Crippen LogP contribution in [0.4, 0.5) is 5.69 Å². The van der Waals surface area contributed by atoms with Gasteiger partial charge in [-0.3, -0.25) is 4.72 Å². The summed E-state index contributed by atoms with van der Waals surface area (Å²) >= 11 is 5.84. The van der Waals surface area contributed by atoms with Gasteiger partial charge >= 0.3 is 0 Å². The maximum Gasteiger partial charge on any atom is 0.236 e. The molecule has 1 aromatic rings. The number of anilines is 1. The first kappa shape index (κ1) is 14.5. The lowest BCUT2D eigenvalue weighted by molar-refractivity contribution is 0.587. The molecule has 1 aliphatic heterocycles. The van der Waals surface area contributed by atoms with Crippen molar-refractivity contribution in [1.82, 2.24) is 4.98 Å². The van der Waals surface area contributed by atoms with E-state index < -0.39 is 25.1 Å². The van der Waals surface area contributed by atoms with E-state index >= 15 is 0 Å². The minimum atomic E-state index is -3.78. The number of halogens is 1. The molecule has 0 radical (unpaired) electrons. The number of nitrogens with zero attached hydrogens (tertiary/aromatic N) is 1. The summed E-state index contributed by atoms with van der Waals surface area (Å²) in [7, 11) is -7.04. The highest BCUT2D eigenvalue weighted by atomic mass is 35.5. The number of rotatable bonds is 3. The summed E-state index contributed by atoms with van der Waals surface area (Å²) in [6.45, 7) is 1.69. The summed E-state index contributed by atoms with van der Waals surface area (Å²) in [5, 5.41) is -0.891. The van der Waals surface area contributed by atoms with Gasteiger partial charge in [0, 0.05) is 6.20 Å². The molecular weight excluding hydrogens is 312 g/mol. The number of aryl methyl sites for hydroxylation is 1.